The van der Waals surface area contributed by atoms with Gasteiger partial charge in [-0.05, 0) is 48.5 Å². The Morgan fingerprint density at radius 3 is 2.44 bits per heavy atom. The van der Waals surface area contributed by atoms with Gasteiger partial charge in [0.05, 0.1) is 28.8 Å². The van der Waals surface area contributed by atoms with Gasteiger partial charge in [-0.2, -0.15) is 0 Å². The minimum atomic E-state index is -0.536. The summed E-state index contributed by atoms with van der Waals surface area (Å²) >= 11 is 6.04. The number of rotatable bonds is 6. The van der Waals surface area contributed by atoms with Gasteiger partial charge in [-0.1, -0.05) is 17.7 Å². The van der Waals surface area contributed by atoms with Crippen molar-refractivity contribution in [3.05, 3.63) is 94.9 Å². The number of nitrogens with one attached hydrogen (secondary N) is 2. The fraction of sp³-hybridized carbons (Fsp3) is 0.0435. The third-order valence-corrected chi connectivity index (χ3v) is 5.00. The summed E-state index contributed by atoms with van der Waals surface area (Å²) in [5, 5.41) is 5.68. The lowest BCUT2D eigenvalue weighted by molar-refractivity contribution is 0.0671. The Balaban J connectivity index is 1.58. The first-order chi connectivity index (χ1) is 15.4. The Morgan fingerprint density at radius 1 is 0.969 bits per heavy atom. The Labute approximate surface area is 187 Å². The molecule has 1 aliphatic rings. The van der Waals surface area contributed by atoms with E-state index in [1.165, 1.54) is 48.7 Å². The molecule has 0 spiro atoms. The van der Waals surface area contributed by atoms with Gasteiger partial charge in [0.1, 0.15) is 0 Å². The number of imide groups is 1. The van der Waals surface area contributed by atoms with Crippen molar-refractivity contribution < 1.29 is 23.6 Å². The molecule has 0 radical (unpaired) electrons. The topological polar surface area (TPSA) is 109 Å². The van der Waals surface area contributed by atoms with Gasteiger partial charge >= 0.3 is 0 Å². The number of amides is 4. The van der Waals surface area contributed by atoms with Gasteiger partial charge in [0.25, 0.3) is 23.6 Å². The molecule has 1 aliphatic heterocycles. The summed E-state index contributed by atoms with van der Waals surface area (Å²) in [5.41, 5.74) is 1.09. The average Bonchev–Trinajstić information content (AvgIpc) is 3.39. The maximum absolute atomic E-state index is 12.9. The molecule has 32 heavy (non-hydrogen) atoms. The zero-order valence-corrected chi connectivity index (χ0v) is 17.3. The highest BCUT2D eigenvalue weighted by atomic mass is 35.5. The number of carbonyl (C=O) groups is 4. The standard InChI is InChI=1S/C23H16ClN3O5/c1-2-9-27-22(30)15-7-5-13(11-16(15)23(27)31)20(28)25-17-8-6-14(24)12-18(17)26-21(29)19-4-3-10-32-19/h2-8,10-12H,1,9H2,(H,25,28)(H,26,29). The molecule has 160 valence electrons. The van der Waals surface area contributed by atoms with Crippen molar-refractivity contribution in [2.24, 2.45) is 0 Å². The van der Waals surface area contributed by atoms with Crippen molar-refractivity contribution in [3.8, 4) is 0 Å². The molecule has 2 heterocycles. The number of hydrogen-bond acceptors (Lipinski definition) is 5. The molecule has 0 saturated carbocycles. The number of furan rings is 1. The molecule has 9 heteroatoms. The van der Waals surface area contributed by atoms with E-state index in [-0.39, 0.29) is 40.4 Å². The van der Waals surface area contributed by atoms with E-state index in [4.69, 9.17) is 16.0 Å². The summed E-state index contributed by atoms with van der Waals surface area (Å²) in [6.45, 7) is 3.62. The Bertz CT molecular complexity index is 1270. The minimum absolute atomic E-state index is 0.0807. The third kappa shape index (κ3) is 3.91. The van der Waals surface area contributed by atoms with E-state index in [1.807, 2.05) is 0 Å². The van der Waals surface area contributed by atoms with Crippen LogP contribution in [0.1, 0.15) is 41.6 Å². The lowest BCUT2D eigenvalue weighted by atomic mass is 10.1. The Kier molecular flexibility index (Phi) is 5.61. The smallest absolute Gasteiger partial charge is 0.291 e. The monoisotopic (exact) mass is 449 g/mol. The quantitative estimate of drug-likeness (QED) is 0.432. The van der Waals surface area contributed by atoms with Gasteiger partial charge < -0.3 is 15.1 Å². The fourth-order valence-electron chi connectivity index (χ4n) is 3.24. The van der Waals surface area contributed by atoms with Gasteiger partial charge in [0, 0.05) is 17.1 Å². The highest BCUT2D eigenvalue weighted by molar-refractivity contribution is 6.31. The first-order valence-electron chi connectivity index (χ1n) is 9.46. The fourth-order valence-corrected chi connectivity index (χ4v) is 3.41. The maximum Gasteiger partial charge on any atom is 0.291 e. The normalized spacial score (nSPS) is 12.5. The zero-order valence-electron chi connectivity index (χ0n) is 16.6. The first-order valence-corrected chi connectivity index (χ1v) is 9.83. The molecule has 4 rings (SSSR count). The molecule has 2 N–H and O–H groups in total. The van der Waals surface area contributed by atoms with E-state index in [2.05, 4.69) is 17.2 Å². The predicted octanol–water partition coefficient (Wildman–Crippen LogP) is 4.22. The largest absolute Gasteiger partial charge is 0.459 e. The third-order valence-electron chi connectivity index (χ3n) is 4.77. The van der Waals surface area contributed by atoms with Crippen LogP contribution in [-0.2, 0) is 0 Å². The van der Waals surface area contributed by atoms with E-state index in [0.29, 0.717) is 5.02 Å². The van der Waals surface area contributed by atoms with Crippen molar-refractivity contribution in [2.75, 3.05) is 17.2 Å². The van der Waals surface area contributed by atoms with Crippen LogP contribution in [0, 0.1) is 0 Å². The minimum Gasteiger partial charge on any atom is -0.459 e. The molecule has 0 bridgehead atoms. The molecule has 4 amide bonds. The molecule has 2 aromatic carbocycles. The summed E-state index contributed by atoms with van der Waals surface area (Å²) in [6.07, 6.45) is 2.82. The lowest BCUT2D eigenvalue weighted by Crippen LogP contribution is -2.29. The van der Waals surface area contributed by atoms with Crippen LogP contribution in [0.4, 0.5) is 11.4 Å². The summed E-state index contributed by atoms with van der Waals surface area (Å²) in [4.78, 5) is 51.1. The number of benzene rings is 2. The lowest BCUT2D eigenvalue weighted by Gasteiger charge is -2.12. The predicted molar refractivity (Wildman–Crippen MR) is 118 cm³/mol. The number of anilines is 2. The number of fused-ring (bicyclic) bond motifs is 1. The van der Waals surface area contributed by atoms with Crippen LogP contribution in [-0.4, -0.2) is 35.1 Å². The van der Waals surface area contributed by atoms with E-state index in [9.17, 15) is 19.2 Å². The second-order valence-corrected chi connectivity index (χ2v) is 7.28. The Hall–Kier alpha value is -4.17. The molecule has 1 aromatic heterocycles. The molecule has 0 atom stereocenters. The van der Waals surface area contributed by atoms with Crippen LogP contribution in [0.5, 0.6) is 0 Å². The maximum atomic E-state index is 12.9. The second-order valence-electron chi connectivity index (χ2n) is 6.85. The van der Waals surface area contributed by atoms with Gasteiger partial charge in [-0.3, -0.25) is 24.1 Å². The van der Waals surface area contributed by atoms with E-state index in [1.54, 1.807) is 12.1 Å². The molecule has 3 aromatic rings. The van der Waals surface area contributed by atoms with E-state index < -0.39 is 23.6 Å². The average molecular weight is 450 g/mol. The SMILES string of the molecule is C=CCN1C(=O)c2ccc(C(=O)Nc3ccc(Cl)cc3NC(=O)c3ccco3)cc2C1=O. The second kappa shape index (κ2) is 8.52. The molecule has 8 nitrogen and oxygen atoms in total. The van der Waals surface area contributed by atoms with Crippen molar-refractivity contribution in [1.29, 1.82) is 0 Å². The molecule has 0 aliphatic carbocycles. The van der Waals surface area contributed by atoms with Crippen molar-refractivity contribution >= 4 is 46.6 Å². The van der Waals surface area contributed by atoms with Gasteiger partial charge in [0.15, 0.2) is 5.76 Å². The number of halogens is 1. The van der Waals surface area contributed by atoms with Gasteiger partial charge in [-0.25, -0.2) is 0 Å². The molecule has 0 fully saturated rings. The number of hydrogen-bond donors (Lipinski definition) is 2. The van der Waals surface area contributed by atoms with Crippen LogP contribution in [0.25, 0.3) is 0 Å². The number of carbonyl (C=O) groups excluding carboxylic acids is 4. The van der Waals surface area contributed by atoms with E-state index >= 15 is 0 Å². The van der Waals surface area contributed by atoms with Crippen LogP contribution in [0.2, 0.25) is 5.02 Å². The van der Waals surface area contributed by atoms with Crippen molar-refractivity contribution in [2.45, 2.75) is 0 Å². The first kappa shape index (κ1) is 21.1. The van der Waals surface area contributed by atoms with Crippen molar-refractivity contribution in [3.63, 3.8) is 0 Å². The van der Waals surface area contributed by atoms with Crippen LogP contribution in [0.3, 0.4) is 0 Å². The molecular weight excluding hydrogens is 434 g/mol. The molecular formula is C23H16ClN3O5. The van der Waals surface area contributed by atoms with Crippen LogP contribution in [0.15, 0.2) is 71.9 Å². The summed E-state index contributed by atoms with van der Waals surface area (Å²) in [7, 11) is 0. The molecule has 0 unspecified atom stereocenters. The van der Waals surface area contributed by atoms with Gasteiger partial charge in [0.2, 0.25) is 0 Å². The van der Waals surface area contributed by atoms with Gasteiger partial charge in [-0.15, -0.1) is 6.58 Å². The summed E-state index contributed by atoms with van der Waals surface area (Å²) in [5.74, 6) is -1.88. The highest BCUT2D eigenvalue weighted by Gasteiger charge is 2.35. The van der Waals surface area contributed by atoms with Crippen LogP contribution < -0.4 is 10.6 Å². The van der Waals surface area contributed by atoms with Crippen LogP contribution >= 0.6 is 11.6 Å². The van der Waals surface area contributed by atoms with Crippen molar-refractivity contribution in [1.82, 2.24) is 4.90 Å². The summed E-state index contributed by atoms with van der Waals surface area (Å²) in [6, 6.07) is 11.9. The summed E-state index contributed by atoms with van der Waals surface area (Å²) < 4.78 is 5.07. The number of nitrogens with zero attached hydrogens (tertiary/aromatic N) is 1. The van der Waals surface area contributed by atoms with E-state index in [0.717, 1.165) is 4.90 Å². The molecule has 0 saturated heterocycles. The highest BCUT2D eigenvalue weighted by Crippen LogP contribution is 2.28. The Morgan fingerprint density at radius 2 is 1.72 bits per heavy atom. The zero-order chi connectivity index (χ0) is 22.8.